The molecule has 2 heterocycles. The van der Waals surface area contributed by atoms with Crippen molar-refractivity contribution in [2.45, 2.75) is 39.3 Å². The van der Waals surface area contributed by atoms with Crippen LogP contribution in [-0.2, 0) is 16.0 Å². The van der Waals surface area contributed by atoms with Gasteiger partial charge in [0.15, 0.2) is 17.6 Å². The van der Waals surface area contributed by atoms with Crippen molar-refractivity contribution in [1.82, 2.24) is 9.88 Å². The number of fused-ring (bicyclic) bond motifs is 2. The number of anilines is 1. The summed E-state index contributed by atoms with van der Waals surface area (Å²) in [5, 5.41) is 4.12. The van der Waals surface area contributed by atoms with Crippen LogP contribution in [-0.4, -0.2) is 41.0 Å². The summed E-state index contributed by atoms with van der Waals surface area (Å²) in [7, 11) is 0. The van der Waals surface area contributed by atoms with Crippen molar-refractivity contribution < 1.29 is 19.1 Å². The van der Waals surface area contributed by atoms with Gasteiger partial charge in [0.1, 0.15) is 6.04 Å². The van der Waals surface area contributed by atoms with E-state index in [0.29, 0.717) is 42.3 Å². The van der Waals surface area contributed by atoms with E-state index in [2.05, 4.69) is 16.4 Å². The van der Waals surface area contributed by atoms with Crippen LogP contribution in [0.2, 0.25) is 0 Å². The van der Waals surface area contributed by atoms with Crippen LogP contribution >= 0.6 is 0 Å². The number of benzene rings is 3. The predicted molar refractivity (Wildman–Crippen MR) is 148 cm³/mol. The molecule has 38 heavy (non-hydrogen) atoms. The number of para-hydroxylation sites is 3. The summed E-state index contributed by atoms with van der Waals surface area (Å²) in [6, 6.07) is 22.0. The molecule has 0 saturated heterocycles. The van der Waals surface area contributed by atoms with Crippen molar-refractivity contribution in [3.63, 3.8) is 0 Å². The molecule has 0 saturated carbocycles. The molecule has 2 unspecified atom stereocenters. The van der Waals surface area contributed by atoms with E-state index in [1.807, 2.05) is 93.7 Å². The van der Waals surface area contributed by atoms with E-state index in [-0.39, 0.29) is 17.7 Å². The van der Waals surface area contributed by atoms with Crippen LogP contribution in [0.15, 0.2) is 79.0 Å². The molecule has 3 aromatic carbocycles. The summed E-state index contributed by atoms with van der Waals surface area (Å²) in [5.41, 5.74) is 3.40. The molecular weight excluding hydrogens is 478 g/mol. The number of amides is 2. The molecule has 0 bridgehead atoms. The number of aromatic amines is 1. The smallest absolute Gasteiger partial charge is 0.264 e. The Kier molecular flexibility index (Phi) is 7.36. The fraction of sp³-hybridized carbons (Fsp3) is 0.290. The maximum Gasteiger partial charge on any atom is 0.264 e. The number of carbonyl (C=O) groups excluding carboxylic acids is 2. The van der Waals surface area contributed by atoms with Crippen LogP contribution in [0.4, 0.5) is 5.69 Å². The Balaban J connectivity index is 1.58. The van der Waals surface area contributed by atoms with Crippen molar-refractivity contribution in [2.75, 3.05) is 18.5 Å². The van der Waals surface area contributed by atoms with E-state index >= 15 is 0 Å². The number of hydrogen-bond acceptors (Lipinski definition) is 4. The minimum atomic E-state index is -0.896. The Morgan fingerprint density at radius 3 is 2.58 bits per heavy atom. The third kappa shape index (κ3) is 4.96. The minimum Gasteiger partial charge on any atom is -0.490 e. The number of nitrogens with zero attached hydrogens (tertiary/aromatic N) is 1. The fourth-order valence-corrected chi connectivity index (χ4v) is 5.03. The highest BCUT2D eigenvalue weighted by atomic mass is 16.5. The maximum absolute atomic E-state index is 14.1. The molecule has 1 aromatic heterocycles. The second kappa shape index (κ2) is 11.0. The molecule has 7 nitrogen and oxygen atoms in total. The molecule has 1 aliphatic heterocycles. The van der Waals surface area contributed by atoms with E-state index in [1.54, 1.807) is 4.90 Å². The average molecular weight is 512 g/mol. The number of hydrogen-bond donors (Lipinski definition) is 2. The summed E-state index contributed by atoms with van der Waals surface area (Å²) in [4.78, 5) is 33.0. The predicted octanol–water partition coefficient (Wildman–Crippen LogP) is 5.73. The first-order valence-corrected chi connectivity index (χ1v) is 13.1. The highest BCUT2D eigenvalue weighted by Crippen LogP contribution is 2.42. The first-order valence-electron chi connectivity index (χ1n) is 13.1. The molecule has 5 rings (SSSR count). The van der Waals surface area contributed by atoms with Gasteiger partial charge in [-0.15, -0.1) is 0 Å². The summed E-state index contributed by atoms with van der Waals surface area (Å²) in [6.07, 6.45) is 1.80. The van der Waals surface area contributed by atoms with Gasteiger partial charge in [0.05, 0.1) is 6.61 Å². The average Bonchev–Trinajstić information content (AvgIpc) is 3.28. The molecule has 0 fully saturated rings. The molecule has 4 aromatic rings. The van der Waals surface area contributed by atoms with Gasteiger partial charge in [0.2, 0.25) is 0 Å². The van der Waals surface area contributed by atoms with Gasteiger partial charge in [-0.25, -0.2) is 0 Å². The molecule has 7 heteroatoms. The molecular formula is C31H33N3O4. The first kappa shape index (κ1) is 25.4. The van der Waals surface area contributed by atoms with Crippen molar-refractivity contribution >= 4 is 28.4 Å². The fourth-order valence-electron chi connectivity index (χ4n) is 5.03. The van der Waals surface area contributed by atoms with Crippen molar-refractivity contribution in [3.8, 4) is 11.5 Å². The van der Waals surface area contributed by atoms with E-state index in [0.717, 1.165) is 16.5 Å². The van der Waals surface area contributed by atoms with Gasteiger partial charge in [-0.1, -0.05) is 62.4 Å². The lowest BCUT2D eigenvalue weighted by Crippen LogP contribution is -2.47. The second-order valence-electron chi connectivity index (χ2n) is 9.79. The Labute approximate surface area is 222 Å². The van der Waals surface area contributed by atoms with Crippen LogP contribution in [0.25, 0.3) is 10.9 Å². The quantitative estimate of drug-likeness (QED) is 0.316. The first-order chi connectivity index (χ1) is 18.5. The van der Waals surface area contributed by atoms with E-state index < -0.39 is 12.1 Å². The Morgan fingerprint density at radius 1 is 1.05 bits per heavy atom. The summed E-state index contributed by atoms with van der Waals surface area (Å²) in [6.45, 7) is 6.58. The molecule has 2 amide bonds. The number of aromatic nitrogens is 1. The zero-order chi connectivity index (χ0) is 26.6. The number of carbonyl (C=O) groups is 2. The number of rotatable bonds is 8. The third-order valence-electron chi connectivity index (χ3n) is 6.88. The van der Waals surface area contributed by atoms with Crippen molar-refractivity contribution in [1.29, 1.82) is 0 Å². The highest BCUT2D eigenvalue weighted by Gasteiger charge is 2.43. The van der Waals surface area contributed by atoms with Gasteiger partial charge < -0.3 is 24.7 Å². The lowest BCUT2D eigenvalue weighted by atomic mass is 10.0. The topological polar surface area (TPSA) is 83.7 Å². The van der Waals surface area contributed by atoms with Crippen molar-refractivity contribution in [2.24, 2.45) is 5.92 Å². The number of ether oxygens (including phenoxy) is 2. The zero-order valence-corrected chi connectivity index (χ0v) is 21.9. The largest absolute Gasteiger partial charge is 0.490 e. The van der Waals surface area contributed by atoms with Gasteiger partial charge in [0, 0.05) is 34.9 Å². The Bertz CT molecular complexity index is 1430. The molecule has 0 aliphatic carbocycles. The highest BCUT2D eigenvalue weighted by molar-refractivity contribution is 5.99. The molecule has 2 N–H and O–H groups in total. The number of H-pyrrole nitrogens is 1. The number of nitrogens with one attached hydrogen (secondary N) is 2. The standard InChI is InChI=1S/C31H33N3O4/c1-4-37-26-16-10-14-24-27(30(35)33-22-11-6-5-7-12-22)34(31(36)28(20(2)3)38-29(24)26)18-17-21-19-32-25-15-9-8-13-23(21)25/h5-16,19-20,27-28,32H,4,17-18H2,1-3H3,(H,33,35). The van der Waals surface area contributed by atoms with Crippen LogP contribution in [0.5, 0.6) is 11.5 Å². The summed E-state index contributed by atoms with van der Waals surface area (Å²) < 4.78 is 12.3. The van der Waals surface area contributed by atoms with Gasteiger partial charge >= 0.3 is 0 Å². The Hall–Kier alpha value is -4.26. The van der Waals surface area contributed by atoms with Crippen molar-refractivity contribution in [3.05, 3.63) is 90.1 Å². The Morgan fingerprint density at radius 2 is 1.82 bits per heavy atom. The second-order valence-corrected chi connectivity index (χ2v) is 9.79. The zero-order valence-electron chi connectivity index (χ0n) is 21.9. The molecule has 196 valence electrons. The van der Waals surface area contributed by atoms with E-state index in [4.69, 9.17) is 9.47 Å². The van der Waals surface area contributed by atoms with E-state index in [1.165, 1.54) is 0 Å². The van der Waals surface area contributed by atoms with Gasteiger partial charge in [0.25, 0.3) is 11.8 Å². The summed E-state index contributed by atoms with van der Waals surface area (Å²) >= 11 is 0. The van der Waals surface area contributed by atoms with Gasteiger partial charge in [-0.05, 0) is 49.1 Å². The van der Waals surface area contributed by atoms with Crippen LogP contribution in [0.1, 0.15) is 37.9 Å². The third-order valence-corrected chi connectivity index (χ3v) is 6.88. The monoisotopic (exact) mass is 511 g/mol. The van der Waals surface area contributed by atoms with Gasteiger partial charge in [-0.2, -0.15) is 0 Å². The van der Waals surface area contributed by atoms with E-state index in [9.17, 15) is 9.59 Å². The van der Waals surface area contributed by atoms with Crippen LogP contribution < -0.4 is 14.8 Å². The molecule has 2 atom stereocenters. The summed E-state index contributed by atoms with van der Waals surface area (Å²) in [5.74, 6) is 0.346. The minimum absolute atomic E-state index is 0.114. The lowest BCUT2D eigenvalue weighted by Gasteiger charge is -2.31. The SMILES string of the molecule is CCOc1cccc2c1OC(C(C)C)C(=O)N(CCc1c[nH]c3ccccc13)C2C(=O)Nc1ccccc1. The normalized spacial score (nSPS) is 17.2. The van der Waals surface area contributed by atoms with Gasteiger partial charge in [-0.3, -0.25) is 9.59 Å². The van der Waals surface area contributed by atoms with Crippen LogP contribution in [0.3, 0.4) is 0 Å². The lowest BCUT2D eigenvalue weighted by molar-refractivity contribution is -0.145. The molecule has 0 spiro atoms. The molecule has 0 radical (unpaired) electrons. The maximum atomic E-state index is 14.1. The van der Waals surface area contributed by atoms with Crippen LogP contribution in [0, 0.1) is 5.92 Å². The molecule has 1 aliphatic rings.